The van der Waals surface area contributed by atoms with E-state index in [1.54, 1.807) is 24.3 Å². The Morgan fingerprint density at radius 2 is 1.32 bits per heavy atom. The van der Waals surface area contributed by atoms with Gasteiger partial charge in [-0.2, -0.15) is 8.42 Å². The summed E-state index contributed by atoms with van der Waals surface area (Å²) in [6, 6.07) is 6.59. The zero-order valence-corrected chi connectivity index (χ0v) is 11.7. The zero-order valence-electron chi connectivity index (χ0n) is 9.42. The summed E-state index contributed by atoms with van der Waals surface area (Å²) in [7, 11) is 4.81. The molecule has 0 radical (unpaired) electrons. The van der Waals surface area contributed by atoms with E-state index in [-0.39, 0.29) is 12.8 Å². The topological polar surface area (TPSA) is 109 Å². The first-order valence-corrected chi connectivity index (χ1v) is 7.87. The van der Waals surface area contributed by atoms with Crippen molar-refractivity contribution in [3.8, 4) is 0 Å². The highest BCUT2D eigenvalue weighted by atomic mass is 36.0. The molecule has 0 aliphatic heterocycles. The van der Waals surface area contributed by atoms with Crippen molar-refractivity contribution in [2.75, 3.05) is 0 Å². The van der Waals surface area contributed by atoms with Crippen LogP contribution < -0.4 is 0 Å². The summed E-state index contributed by atoms with van der Waals surface area (Å²) in [5.41, 5.74) is 1.24. The van der Waals surface area contributed by atoms with Crippen LogP contribution in [0.2, 0.25) is 0 Å². The first kappa shape index (κ1) is 17.7. The van der Waals surface area contributed by atoms with E-state index in [1.165, 1.54) is 0 Å². The molecule has 106 valence electrons. The fourth-order valence-corrected chi connectivity index (χ4v) is 1.20. The standard InChI is InChI=1S/C10H10O4.Cl2O2S/c11-9(12)5-7-2-1-3-8(4-7)6-10(13)14;1-5(2,3)4/h1-4H,5-6H2,(H,11,12)(H,13,14);. The number of aliphatic carboxylic acids is 2. The van der Waals surface area contributed by atoms with E-state index in [9.17, 15) is 9.59 Å². The quantitative estimate of drug-likeness (QED) is 0.813. The molecule has 0 saturated carbocycles. The molecular weight excluding hydrogens is 319 g/mol. The molecule has 0 saturated heterocycles. The Bertz CT molecular complexity index is 516. The van der Waals surface area contributed by atoms with Crippen molar-refractivity contribution in [2.24, 2.45) is 0 Å². The molecule has 0 aliphatic rings. The molecule has 0 amide bonds. The second-order valence-electron chi connectivity index (χ2n) is 3.34. The summed E-state index contributed by atoms with van der Waals surface area (Å²) in [6.07, 6.45) is -0.152. The molecule has 1 rings (SSSR count). The summed E-state index contributed by atoms with van der Waals surface area (Å²) >= 11 is 0. The minimum Gasteiger partial charge on any atom is -0.481 e. The Hall–Kier alpha value is -1.31. The molecule has 0 heterocycles. The van der Waals surface area contributed by atoms with Crippen LogP contribution >= 0.6 is 21.4 Å². The Kier molecular flexibility index (Phi) is 7.43. The summed E-state index contributed by atoms with van der Waals surface area (Å²) in [5, 5.41) is 17.0. The molecule has 0 spiro atoms. The largest absolute Gasteiger partial charge is 0.481 e. The Labute approximate surface area is 118 Å². The predicted octanol–water partition coefficient (Wildman–Crippen LogP) is 1.65. The van der Waals surface area contributed by atoms with Gasteiger partial charge in [0.1, 0.15) is 0 Å². The molecule has 1 aromatic rings. The van der Waals surface area contributed by atoms with Crippen LogP contribution in [0.15, 0.2) is 24.3 Å². The highest BCUT2D eigenvalue weighted by molar-refractivity contribution is 8.31. The molecule has 2 N–H and O–H groups in total. The Balaban J connectivity index is 0.000000555. The average Bonchev–Trinajstić information content (AvgIpc) is 2.12. The van der Waals surface area contributed by atoms with Crippen LogP contribution in [0.5, 0.6) is 0 Å². The van der Waals surface area contributed by atoms with Crippen molar-refractivity contribution in [2.45, 2.75) is 12.8 Å². The lowest BCUT2D eigenvalue weighted by Crippen LogP contribution is -2.03. The van der Waals surface area contributed by atoms with Gasteiger partial charge >= 0.3 is 20.2 Å². The van der Waals surface area contributed by atoms with Crippen LogP contribution in [0.1, 0.15) is 11.1 Å². The van der Waals surface area contributed by atoms with E-state index in [4.69, 9.17) is 18.6 Å². The van der Waals surface area contributed by atoms with Gasteiger partial charge in [0.25, 0.3) is 0 Å². The van der Waals surface area contributed by atoms with Crippen LogP contribution in [-0.4, -0.2) is 30.6 Å². The van der Waals surface area contributed by atoms with Gasteiger partial charge in [0, 0.05) is 21.4 Å². The maximum Gasteiger partial charge on any atom is 0.317 e. The molecule has 0 atom stereocenters. The van der Waals surface area contributed by atoms with Gasteiger partial charge < -0.3 is 10.2 Å². The molecule has 0 fully saturated rings. The summed E-state index contributed by atoms with van der Waals surface area (Å²) in [6.45, 7) is 0. The molecule has 0 aromatic heterocycles. The number of carboxylic acids is 2. The van der Waals surface area contributed by atoms with Crippen molar-refractivity contribution in [3.05, 3.63) is 35.4 Å². The highest BCUT2D eigenvalue weighted by Crippen LogP contribution is 2.06. The van der Waals surface area contributed by atoms with Gasteiger partial charge in [0.15, 0.2) is 0 Å². The molecule has 0 aliphatic carbocycles. The van der Waals surface area contributed by atoms with E-state index in [2.05, 4.69) is 21.4 Å². The van der Waals surface area contributed by atoms with Crippen LogP contribution in [0.25, 0.3) is 0 Å². The lowest BCUT2D eigenvalue weighted by molar-refractivity contribution is -0.137. The molecule has 9 heteroatoms. The molecule has 0 bridgehead atoms. The Morgan fingerprint density at radius 3 is 1.58 bits per heavy atom. The number of rotatable bonds is 4. The second kappa shape index (κ2) is 7.98. The van der Waals surface area contributed by atoms with E-state index in [0.29, 0.717) is 11.1 Å². The smallest absolute Gasteiger partial charge is 0.317 e. The molecule has 19 heavy (non-hydrogen) atoms. The summed E-state index contributed by atoms with van der Waals surface area (Å²) < 4.78 is 18.3. The van der Waals surface area contributed by atoms with Crippen molar-refractivity contribution < 1.29 is 28.2 Å². The number of halogens is 2. The van der Waals surface area contributed by atoms with Gasteiger partial charge in [-0.1, -0.05) is 24.3 Å². The third kappa shape index (κ3) is 12.9. The molecule has 6 nitrogen and oxygen atoms in total. The van der Waals surface area contributed by atoms with Crippen LogP contribution in [0, 0.1) is 0 Å². The van der Waals surface area contributed by atoms with Crippen LogP contribution in [-0.2, 0) is 30.7 Å². The van der Waals surface area contributed by atoms with Gasteiger partial charge in [0.2, 0.25) is 0 Å². The highest BCUT2D eigenvalue weighted by Gasteiger charge is 2.03. The van der Waals surface area contributed by atoms with E-state index in [1.807, 2.05) is 0 Å². The summed E-state index contributed by atoms with van der Waals surface area (Å²) in [5.74, 6) is -1.84. The first-order chi connectivity index (χ1) is 8.58. The van der Waals surface area contributed by atoms with Gasteiger partial charge in [-0.3, -0.25) is 9.59 Å². The maximum atomic E-state index is 10.4. The second-order valence-corrected chi connectivity index (χ2v) is 7.01. The van der Waals surface area contributed by atoms with E-state index < -0.39 is 20.2 Å². The lowest BCUT2D eigenvalue weighted by atomic mass is 10.1. The zero-order chi connectivity index (χ0) is 15.1. The van der Waals surface area contributed by atoms with Crippen molar-refractivity contribution in [3.63, 3.8) is 0 Å². The number of hydrogen-bond donors (Lipinski definition) is 2. The number of benzene rings is 1. The van der Waals surface area contributed by atoms with Gasteiger partial charge in [0.05, 0.1) is 12.8 Å². The van der Waals surface area contributed by atoms with Crippen molar-refractivity contribution >= 4 is 41.6 Å². The normalized spacial score (nSPS) is 10.2. The lowest BCUT2D eigenvalue weighted by Gasteiger charge is -2.00. The maximum absolute atomic E-state index is 10.4. The van der Waals surface area contributed by atoms with E-state index in [0.717, 1.165) is 0 Å². The predicted molar refractivity (Wildman–Crippen MR) is 69.7 cm³/mol. The molecular formula is C10H10Cl2O6S. The van der Waals surface area contributed by atoms with Crippen LogP contribution in [0.4, 0.5) is 0 Å². The SMILES string of the molecule is O=C(O)Cc1cccc(CC(=O)O)c1.O=S(=O)(Cl)Cl. The number of carboxylic acid groups (broad SMARTS) is 2. The van der Waals surface area contributed by atoms with Crippen molar-refractivity contribution in [1.82, 2.24) is 0 Å². The minimum atomic E-state index is -3.72. The molecule has 1 aromatic carbocycles. The Morgan fingerprint density at radius 1 is 1.00 bits per heavy atom. The third-order valence-corrected chi connectivity index (χ3v) is 1.70. The minimum absolute atomic E-state index is 0.0759. The fourth-order valence-electron chi connectivity index (χ4n) is 1.20. The van der Waals surface area contributed by atoms with Gasteiger partial charge in [-0.05, 0) is 11.1 Å². The van der Waals surface area contributed by atoms with Crippen molar-refractivity contribution in [1.29, 1.82) is 0 Å². The van der Waals surface area contributed by atoms with Gasteiger partial charge in [-0.25, -0.2) is 0 Å². The average molecular weight is 329 g/mol. The van der Waals surface area contributed by atoms with Gasteiger partial charge in [-0.15, -0.1) is 0 Å². The first-order valence-electron chi connectivity index (χ1n) is 4.73. The number of carbonyl (C=O) groups is 2. The molecule has 0 unspecified atom stereocenters. The third-order valence-electron chi connectivity index (χ3n) is 1.70. The fraction of sp³-hybridized carbons (Fsp3) is 0.200. The summed E-state index contributed by atoms with van der Waals surface area (Å²) in [4.78, 5) is 20.8. The number of hydrogen-bond acceptors (Lipinski definition) is 4. The van der Waals surface area contributed by atoms with E-state index >= 15 is 0 Å². The monoisotopic (exact) mass is 328 g/mol. The van der Waals surface area contributed by atoms with Crippen LogP contribution in [0.3, 0.4) is 0 Å².